The Morgan fingerprint density at radius 1 is 0.479 bits per heavy atom. The smallest absolute Gasteiger partial charge is 0.349 e. The molecule has 0 aliphatic rings. The highest BCUT2D eigenvalue weighted by Gasteiger charge is 2.25. The van der Waals surface area contributed by atoms with Gasteiger partial charge in [0.2, 0.25) is 0 Å². The van der Waals surface area contributed by atoms with Crippen molar-refractivity contribution < 1.29 is 28.5 Å². The maximum Gasteiger partial charge on any atom is 0.349 e. The van der Waals surface area contributed by atoms with Gasteiger partial charge in [0, 0.05) is 32.3 Å². The van der Waals surface area contributed by atoms with E-state index in [1.165, 1.54) is 0 Å². The topological polar surface area (TPSA) is 71.1 Å². The van der Waals surface area contributed by atoms with Crippen LogP contribution in [0.3, 0.4) is 0 Å². The van der Waals surface area contributed by atoms with E-state index < -0.39 is 11.9 Å². The molecule has 0 aliphatic carbocycles. The first-order valence-corrected chi connectivity index (χ1v) is 15.9. The van der Waals surface area contributed by atoms with Gasteiger partial charge >= 0.3 is 11.9 Å². The van der Waals surface area contributed by atoms with Crippen LogP contribution >= 0.6 is 0 Å². The van der Waals surface area contributed by atoms with Gasteiger partial charge in [-0.2, -0.15) is 0 Å². The lowest BCUT2D eigenvalue weighted by Crippen LogP contribution is -2.20. The standard InChI is InChI=1S/C42H34O6/c1-42(2,3)34-22-12-21-33-39(34)41(46-26-38(44)48-36-24-11-16-28-14-5-7-18-30(28)36)32-20-9-8-19-31(32)40(33)45-25-37(43)47-35-23-10-15-27-13-4-6-17-29(27)35/h4-24H,25-26H2,1-3H3. The maximum absolute atomic E-state index is 13.2. The lowest BCUT2D eigenvalue weighted by molar-refractivity contribution is -0.137. The van der Waals surface area contributed by atoms with Crippen LogP contribution in [-0.4, -0.2) is 25.2 Å². The van der Waals surface area contributed by atoms with Crippen LogP contribution in [0.5, 0.6) is 23.0 Å². The third kappa shape index (κ3) is 6.00. The Morgan fingerprint density at radius 2 is 0.896 bits per heavy atom. The molecule has 7 rings (SSSR count). The van der Waals surface area contributed by atoms with Crippen LogP contribution in [0.25, 0.3) is 43.1 Å². The Labute approximate surface area is 278 Å². The van der Waals surface area contributed by atoms with Crippen molar-refractivity contribution in [2.45, 2.75) is 26.2 Å². The summed E-state index contributed by atoms with van der Waals surface area (Å²) in [6, 6.07) is 40.4. The Hall–Kier alpha value is -5.88. The summed E-state index contributed by atoms with van der Waals surface area (Å²) >= 11 is 0. The fourth-order valence-corrected chi connectivity index (χ4v) is 6.21. The van der Waals surface area contributed by atoms with Crippen molar-refractivity contribution in [3.63, 3.8) is 0 Å². The molecule has 0 bridgehead atoms. The van der Waals surface area contributed by atoms with Gasteiger partial charge in [-0.25, -0.2) is 9.59 Å². The molecular weight excluding hydrogens is 600 g/mol. The number of carbonyl (C=O) groups excluding carboxylic acids is 2. The van der Waals surface area contributed by atoms with Gasteiger partial charge in [-0.05, 0) is 33.9 Å². The fraction of sp³-hybridized carbons (Fsp3) is 0.143. The molecule has 7 aromatic carbocycles. The minimum Gasteiger partial charge on any atom is -0.481 e. The number of rotatable bonds is 8. The van der Waals surface area contributed by atoms with Gasteiger partial charge in [0.05, 0.1) is 0 Å². The first-order valence-electron chi connectivity index (χ1n) is 15.9. The predicted molar refractivity (Wildman–Crippen MR) is 190 cm³/mol. The second-order valence-corrected chi connectivity index (χ2v) is 12.7. The molecule has 0 radical (unpaired) electrons. The van der Waals surface area contributed by atoms with Crippen molar-refractivity contribution in [3.05, 3.63) is 133 Å². The molecule has 0 fully saturated rings. The van der Waals surface area contributed by atoms with Crippen LogP contribution in [-0.2, 0) is 15.0 Å². The lowest BCUT2D eigenvalue weighted by Gasteiger charge is -2.25. The van der Waals surface area contributed by atoms with E-state index in [0.29, 0.717) is 23.0 Å². The average molecular weight is 635 g/mol. The first kappa shape index (κ1) is 30.8. The van der Waals surface area contributed by atoms with Crippen molar-refractivity contribution in [1.29, 1.82) is 0 Å². The van der Waals surface area contributed by atoms with Crippen LogP contribution in [0.1, 0.15) is 26.3 Å². The van der Waals surface area contributed by atoms with Gasteiger partial charge in [-0.3, -0.25) is 0 Å². The molecule has 0 aliphatic heterocycles. The zero-order valence-electron chi connectivity index (χ0n) is 27.0. The molecule has 0 saturated heterocycles. The molecule has 0 aromatic heterocycles. The summed E-state index contributed by atoms with van der Waals surface area (Å²) in [7, 11) is 0. The first-order chi connectivity index (χ1) is 23.3. The van der Waals surface area contributed by atoms with Gasteiger partial charge in [-0.1, -0.05) is 136 Å². The lowest BCUT2D eigenvalue weighted by atomic mass is 9.82. The molecule has 238 valence electrons. The largest absolute Gasteiger partial charge is 0.481 e. The molecule has 0 amide bonds. The number of carbonyl (C=O) groups is 2. The SMILES string of the molecule is CC(C)(C)c1cccc2c(OCC(=O)Oc3cccc4ccccc34)c3ccccc3c(OCC(=O)Oc3cccc4ccccc34)c12. The summed E-state index contributed by atoms with van der Waals surface area (Å²) in [6.45, 7) is 5.75. The molecule has 48 heavy (non-hydrogen) atoms. The minimum absolute atomic E-state index is 0.284. The molecule has 0 spiro atoms. The zero-order valence-corrected chi connectivity index (χ0v) is 27.0. The van der Waals surface area contributed by atoms with Crippen molar-refractivity contribution in [2.24, 2.45) is 0 Å². The van der Waals surface area contributed by atoms with E-state index >= 15 is 0 Å². The van der Waals surface area contributed by atoms with E-state index in [-0.39, 0.29) is 18.6 Å². The van der Waals surface area contributed by atoms with Gasteiger partial charge in [0.15, 0.2) is 13.2 Å². The van der Waals surface area contributed by atoms with Crippen LogP contribution < -0.4 is 18.9 Å². The van der Waals surface area contributed by atoms with Crippen LogP contribution in [0, 0.1) is 0 Å². The molecule has 0 heterocycles. The van der Waals surface area contributed by atoms with Gasteiger partial charge in [0.25, 0.3) is 0 Å². The van der Waals surface area contributed by atoms with Crippen molar-refractivity contribution >= 4 is 55.0 Å². The van der Waals surface area contributed by atoms with E-state index in [0.717, 1.165) is 48.7 Å². The molecule has 0 N–H and O–H groups in total. The van der Waals surface area contributed by atoms with Crippen molar-refractivity contribution in [1.82, 2.24) is 0 Å². The van der Waals surface area contributed by atoms with E-state index in [4.69, 9.17) is 18.9 Å². The maximum atomic E-state index is 13.2. The highest BCUT2D eigenvalue weighted by Crippen LogP contribution is 2.46. The second-order valence-electron chi connectivity index (χ2n) is 12.7. The summed E-state index contributed by atoms with van der Waals surface area (Å²) < 4.78 is 24.3. The summed E-state index contributed by atoms with van der Waals surface area (Å²) in [5.41, 5.74) is 0.722. The van der Waals surface area contributed by atoms with Gasteiger partial charge < -0.3 is 18.9 Å². The van der Waals surface area contributed by atoms with Crippen LogP contribution in [0.15, 0.2) is 127 Å². The predicted octanol–water partition coefficient (Wildman–Crippen LogP) is 9.57. The number of ether oxygens (including phenoxy) is 4. The average Bonchev–Trinajstić information content (AvgIpc) is 3.09. The van der Waals surface area contributed by atoms with Crippen LogP contribution in [0.2, 0.25) is 0 Å². The number of hydrogen-bond acceptors (Lipinski definition) is 6. The number of hydrogen-bond donors (Lipinski definition) is 0. The molecule has 0 atom stereocenters. The van der Waals surface area contributed by atoms with E-state index in [1.807, 2.05) is 109 Å². The Bertz CT molecular complexity index is 2320. The summed E-state index contributed by atoms with van der Waals surface area (Å²) in [4.78, 5) is 26.4. The zero-order chi connectivity index (χ0) is 33.3. The summed E-state index contributed by atoms with van der Waals surface area (Å²) in [5, 5.41) is 6.71. The molecule has 6 heteroatoms. The number of benzene rings is 7. The molecule has 0 unspecified atom stereocenters. The Kier molecular flexibility index (Phi) is 8.15. The number of fused-ring (bicyclic) bond motifs is 4. The fourth-order valence-electron chi connectivity index (χ4n) is 6.21. The molecular formula is C42H34O6. The third-order valence-corrected chi connectivity index (χ3v) is 8.38. The van der Waals surface area contributed by atoms with Gasteiger partial charge in [0.1, 0.15) is 23.0 Å². The van der Waals surface area contributed by atoms with Crippen LogP contribution in [0.4, 0.5) is 0 Å². The van der Waals surface area contributed by atoms with E-state index in [2.05, 4.69) is 26.8 Å². The Balaban J connectivity index is 1.23. The second kappa shape index (κ2) is 12.7. The van der Waals surface area contributed by atoms with Gasteiger partial charge in [-0.15, -0.1) is 0 Å². The van der Waals surface area contributed by atoms with Crippen molar-refractivity contribution in [2.75, 3.05) is 13.2 Å². The quantitative estimate of drug-likeness (QED) is 0.0942. The molecule has 6 nitrogen and oxygen atoms in total. The van der Waals surface area contributed by atoms with E-state index in [9.17, 15) is 9.59 Å². The normalized spacial score (nSPS) is 11.6. The minimum atomic E-state index is -0.521. The van der Waals surface area contributed by atoms with Crippen molar-refractivity contribution in [3.8, 4) is 23.0 Å². The highest BCUT2D eigenvalue weighted by molar-refractivity contribution is 6.12. The molecule has 7 aromatic rings. The Morgan fingerprint density at radius 3 is 1.44 bits per heavy atom. The molecule has 0 saturated carbocycles. The monoisotopic (exact) mass is 634 g/mol. The highest BCUT2D eigenvalue weighted by atomic mass is 16.6. The third-order valence-electron chi connectivity index (χ3n) is 8.38. The van der Waals surface area contributed by atoms with E-state index in [1.54, 1.807) is 12.1 Å². The summed E-state index contributed by atoms with van der Waals surface area (Å²) in [5.74, 6) is 0.996. The number of esters is 2. The summed E-state index contributed by atoms with van der Waals surface area (Å²) in [6.07, 6.45) is 0.